The summed E-state index contributed by atoms with van der Waals surface area (Å²) in [4.78, 5) is 10.6. The van der Waals surface area contributed by atoms with E-state index in [1.165, 1.54) is 0 Å². The summed E-state index contributed by atoms with van der Waals surface area (Å²) in [6.45, 7) is 9.70. The molecule has 19 heavy (non-hydrogen) atoms. The summed E-state index contributed by atoms with van der Waals surface area (Å²) in [5, 5.41) is 0. The number of hydrogen-bond donors (Lipinski definition) is 1. The minimum atomic E-state index is -2.73. The first-order valence-corrected chi connectivity index (χ1v) is 8.70. The van der Waals surface area contributed by atoms with Crippen LogP contribution < -0.4 is 5.73 Å². The van der Waals surface area contributed by atoms with Gasteiger partial charge in [-0.2, -0.15) is 0 Å². The number of ether oxygens (including phenoxy) is 1. The van der Waals surface area contributed by atoms with E-state index < -0.39 is 14.9 Å². The molecule has 6 nitrogen and oxygen atoms in total. The van der Waals surface area contributed by atoms with E-state index in [-0.39, 0.29) is 12.1 Å². The van der Waals surface area contributed by atoms with E-state index in [2.05, 4.69) is 0 Å². The zero-order valence-corrected chi connectivity index (χ0v) is 13.4. The number of nitrogens with two attached hydrogens (primary N) is 1. The third-order valence-corrected chi connectivity index (χ3v) is 6.51. The van der Waals surface area contributed by atoms with Crippen LogP contribution in [-0.2, 0) is 18.0 Å². The minimum absolute atomic E-state index is 0.103. The number of rotatable bonds is 11. The van der Waals surface area contributed by atoms with Crippen LogP contribution in [0.2, 0.25) is 5.54 Å². The molecule has 0 aromatic heterocycles. The van der Waals surface area contributed by atoms with Crippen LogP contribution in [0, 0.1) is 0 Å². The highest BCUT2D eigenvalue weighted by atomic mass is 28.4. The van der Waals surface area contributed by atoms with Crippen LogP contribution in [0.1, 0.15) is 40.5 Å². The van der Waals surface area contributed by atoms with Crippen LogP contribution >= 0.6 is 0 Å². The molecule has 0 saturated heterocycles. The zero-order chi connectivity index (χ0) is 14.7. The Morgan fingerprint density at radius 1 is 1.05 bits per heavy atom. The number of carbonyl (C=O) groups excluding carboxylic acids is 1. The van der Waals surface area contributed by atoms with Gasteiger partial charge in [0.2, 0.25) is 0 Å². The molecule has 114 valence electrons. The molecular weight excluding hydrogens is 266 g/mol. The molecule has 0 rings (SSSR count). The fourth-order valence-electron chi connectivity index (χ4n) is 2.01. The summed E-state index contributed by atoms with van der Waals surface area (Å²) in [5.41, 5.74) is 5.07. The molecule has 0 spiro atoms. The predicted molar refractivity (Wildman–Crippen MR) is 74.8 cm³/mol. The molecule has 7 heteroatoms. The maximum absolute atomic E-state index is 10.6. The van der Waals surface area contributed by atoms with Crippen LogP contribution in [0.25, 0.3) is 0 Å². The molecular formula is C12H27NO5Si. The van der Waals surface area contributed by atoms with Crippen molar-refractivity contribution in [3.63, 3.8) is 0 Å². The van der Waals surface area contributed by atoms with Crippen molar-refractivity contribution in [2.75, 3.05) is 26.4 Å². The second kappa shape index (κ2) is 10.2. The Balaban J connectivity index is 4.76. The second-order valence-corrected chi connectivity index (χ2v) is 6.85. The smallest absolute Gasteiger partial charge is 0.450 e. The molecule has 0 bridgehead atoms. The quantitative estimate of drug-likeness (QED) is 0.591. The summed E-state index contributed by atoms with van der Waals surface area (Å²) in [5.74, 6) is 0. The summed E-state index contributed by atoms with van der Waals surface area (Å²) in [6.07, 6.45) is 0.714. The molecule has 2 N–H and O–H groups in total. The standard InChI is InChI=1S/C12H27NO5Si/c1-5-11(9-10-15-12(13)14)19(16-6-2,17-7-3)18-8-4/h11H,5-10H2,1-4H3,(H2,13,14). The van der Waals surface area contributed by atoms with Crippen molar-refractivity contribution in [2.24, 2.45) is 5.73 Å². The Morgan fingerprint density at radius 2 is 1.53 bits per heavy atom. The van der Waals surface area contributed by atoms with Gasteiger partial charge in [0.15, 0.2) is 0 Å². The third-order valence-electron chi connectivity index (χ3n) is 2.74. The van der Waals surface area contributed by atoms with Crippen molar-refractivity contribution in [1.82, 2.24) is 0 Å². The molecule has 0 aliphatic rings. The maximum atomic E-state index is 10.6. The van der Waals surface area contributed by atoms with E-state index in [9.17, 15) is 4.79 Å². The van der Waals surface area contributed by atoms with Gasteiger partial charge in [-0.25, -0.2) is 4.79 Å². The van der Waals surface area contributed by atoms with Crippen molar-refractivity contribution in [2.45, 2.75) is 46.1 Å². The normalized spacial score (nSPS) is 13.3. The first-order valence-electron chi connectivity index (χ1n) is 6.90. The van der Waals surface area contributed by atoms with Gasteiger partial charge in [-0.15, -0.1) is 0 Å². The van der Waals surface area contributed by atoms with Gasteiger partial charge in [-0.3, -0.25) is 0 Å². The molecule has 1 amide bonds. The highest BCUT2D eigenvalue weighted by Gasteiger charge is 2.47. The van der Waals surface area contributed by atoms with E-state index in [0.29, 0.717) is 26.2 Å². The second-order valence-electron chi connectivity index (χ2n) is 3.96. The number of hydrogen-bond acceptors (Lipinski definition) is 5. The van der Waals surface area contributed by atoms with E-state index in [1.807, 2.05) is 27.7 Å². The van der Waals surface area contributed by atoms with E-state index in [4.69, 9.17) is 23.7 Å². The third kappa shape index (κ3) is 6.37. The van der Waals surface area contributed by atoms with Gasteiger partial charge in [0.1, 0.15) is 0 Å². The SMILES string of the molecule is CCO[Si](OCC)(OCC)C(CC)CCOC(N)=O. The van der Waals surface area contributed by atoms with Gasteiger partial charge in [-0.1, -0.05) is 6.92 Å². The van der Waals surface area contributed by atoms with Crippen molar-refractivity contribution in [1.29, 1.82) is 0 Å². The minimum Gasteiger partial charge on any atom is -0.450 e. The van der Waals surface area contributed by atoms with Gasteiger partial charge >= 0.3 is 14.9 Å². The largest absolute Gasteiger partial charge is 0.504 e. The molecule has 0 saturated carbocycles. The molecule has 0 aromatic carbocycles. The topological polar surface area (TPSA) is 80.0 Å². The van der Waals surface area contributed by atoms with Crippen LogP contribution in [0.15, 0.2) is 0 Å². The first-order chi connectivity index (χ1) is 9.06. The van der Waals surface area contributed by atoms with E-state index in [1.54, 1.807) is 0 Å². The molecule has 0 fully saturated rings. The summed E-state index contributed by atoms with van der Waals surface area (Å²) >= 11 is 0. The lowest BCUT2D eigenvalue weighted by Crippen LogP contribution is -2.50. The fraction of sp³-hybridized carbons (Fsp3) is 0.917. The lowest BCUT2D eigenvalue weighted by molar-refractivity contribution is 0.0558. The monoisotopic (exact) mass is 293 g/mol. The highest BCUT2D eigenvalue weighted by Crippen LogP contribution is 2.32. The van der Waals surface area contributed by atoms with Crippen molar-refractivity contribution in [3.05, 3.63) is 0 Å². The molecule has 0 aromatic rings. The number of primary amides is 1. The van der Waals surface area contributed by atoms with Crippen molar-refractivity contribution >= 4 is 14.9 Å². The fourth-order valence-corrected chi connectivity index (χ4v) is 5.15. The van der Waals surface area contributed by atoms with Gasteiger partial charge in [0.05, 0.1) is 6.61 Å². The Morgan fingerprint density at radius 3 is 1.84 bits per heavy atom. The van der Waals surface area contributed by atoms with Crippen LogP contribution in [0.3, 0.4) is 0 Å². The van der Waals surface area contributed by atoms with E-state index >= 15 is 0 Å². The zero-order valence-electron chi connectivity index (χ0n) is 12.4. The lowest BCUT2D eigenvalue weighted by Gasteiger charge is -2.34. The molecule has 1 atom stereocenters. The molecule has 0 aliphatic carbocycles. The van der Waals surface area contributed by atoms with Crippen molar-refractivity contribution < 1.29 is 22.8 Å². The first kappa shape index (κ1) is 18.4. The predicted octanol–water partition coefficient (Wildman–Crippen LogP) is 2.30. The van der Waals surface area contributed by atoms with Gasteiger partial charge in [-0.05, 0) is 33.6 Å². The maximum Gasteiger partial charge on any atom is 0.504 e. The Labute approximate surface area is 116 Å². The number of amides is 1. The van der Waals surface area contributed by atoms with E-state index in [0.717, 1.165) is 6.42 Å². The van der Waals surface area contributed by atoms with Gasteiger partial charge in [0, 0.05) is 25.4 Å². The summed E-state index contributed by atoms with van der Waals surface area (Å²) in [7, 11) is -2.73. The Kier molecular flexibility index (Phi) is 9.85. The lowest BCUT2D eigenvalue weighted by atomic mass is 10.2. The van der Waals surface area contributed by atoms with Gasteiger partial charge < -0.3 is 23.7 Å². The van der Waals surface area contributed by atoms with Crippen LogP contribution in [0.5, 0.6) is 0 Å². The van der Waals surface area contributed by atoms with Crippen LogP contribution in [-0.4, -0.2) is 41.3 Å². The van der Waals surface area contributed by atoms with Crippen molar-refractivity contribution in [3.8, 4) is 0 Å². The summed E-state index contributed by atoms with van der Waals surface area (Å²) in [6, 6.07) is 0. The molecule has 0 radical (unpaired) electrons. The average molecular weight is 293 g/mol. The number of carbonyl (C=O) groups is 1. The molecule has 0 aliphatic heterocycles. The van der Waals surface area contributed by atoms with Crippen LogP contribution in [0.4, 0.5) is 4.79 Å². The Bertz CT molecular complexity index is 235. The molecule has 0 heterocycles. The Hall–Kier alpha value is -0.633. The average Bonchev–Trinajstić information content (AvgIpc) is 2.35. The van der Waals surface area contributed by atoms with Gasteiger partial charge in [0.25, 0.3) is 0 Å². The summed E-state index contributed by atoms with van der Waals surface area (Å²) < 4.78 is 22.3. The highest BCUT2D eigenvalue weighted by molar-refractivity contribution is 6.62. The molecule has 1 unspecified atom stereocenters.